The van der Waals surface area contributed by atoms with E-state index in [1.54, 1.807) is 13.0 Å². The molecule has 0 amide bonds. The molecule has 2 fully saturated rings. The number of ether oxygens (including phenoxy) is 5. The van der Waals surface area contributed by atoms with Gasteiger partial charge in [0.15, 0.2) is 12.6 Å². The van der Waals surface area contributed by atoms with E-state index in [-0.39, 0.29) is 6.42 Å². The molecule has 12 heteroatoms. The van der Waals surface area contributed by atoms with E-state index < -0.39 is 86.7 Å². The van der Waals surface area contributed by atoms with Crippen molar-refractivity contribution >= 4 is 5.97 Å². The summed E-state index contributed by atoms with van der Waals surface area (Å²) < 4.78 is 28.3. The molecule has 3 aliphatic heterocycles. The minimum atomic E-state index is -1.75. The summed E-state index contributed by atoms with van der Waals surface area (Å²) in [5.41, 5.74) is 0. The Morgan fingerprint density at radius 3 is 2.17 bits per heavy atom. The Morgan fingerprint density at radius 1 is 0.714 bits per heavy atom. The summed E-state index contributed by atoms with van der Waals surface area (Å²) in [6.07, 6.45) is 3.98. The van der Waals surface area contributed by atoms with Crippen LogP contribution in [0.5, 0.6) is 0 Å². The van der Waals surface area contributed by atoms with Crippen LogP contribution in [0.15, 0.2) is 36.5 Å². The number of hydrogen-bond acceptors (Lipinski definition) is 12. The maximum Gasteiger partial charge on any atom is 0.305 e. The van der Waals surface area contributed by atoms with Gasteiger partial charge in [-0.2, -0.15) is 0 Å². The van der Waals surface area contributed by atoms with Crippen molar-refractivity contribution < 1.29 is 59.1 Å². The minimum absolute atomic E-state index is 0.196. The van der Waals surface area contributed by atoms with E-state index in [4.69, 9.17) is 23.7 Å². The average molecular weight is 601 g/mol. The van der Waals surface area contributed by atoms with Gasteiger partial charge in [0.1, 0.15) is 55.4 Å². The molecule has 0 spiro atoms. The summed E-state index contributed by atoms with van der Waals surface area (Å²) in [5, 5.41) is 62.5. The molecule has 42 heavy (non-hydrogen) atoms. The van der Waals surface area contributed by atoms with Gasteiger partial charge in [0.2, 0.25) is 0 Å². The van der Waals surface area contributed by atoms with Crippen LogP contribution in [-0.2, 0) is 28.5 Å². The molecule has 0 aliphatic carbocycles. The van der Waals surface area contributed by atoms with E-state index in [9.17, 15) is 35.4 Å². The third-order valence-electron chi connectivity index (χ3n) is 7.58. The second kappa shape index (κ2) is 18.2. The van der Waals surface area contributed by atoms with E-state index >= 15 is 0 Å². The van der Waals surface area contributed by atoms with Crippen LogP contribution in [0.4, 0.5) is 0 Å². The van der Waals surface area contributed by atoms with Gasteiger partial charge >= 0.3 is 5.97 Å². The Morgan fingerprint density at radius 2 is 1.40 bits per heavy atom. The van der Waals surface area contributed by atoms with Gasteiger partial charge in [-0.3, -0.25) is 4.79 Å². The molecule has 11 atom stereocenters. The van der Waals surface area contributed by atoms with E-state index in [1.165, 1.54) is 0 Å². The van der Waals surface area contributed by atoms with Crippen LogP contribution in [0.2, 0.25) is 0 Å². The second-order valence-electron chi connectivity index (χ2n) is 11.0. The lowest BCUT2D eigenvalue weighted by Crippen LogP contribution is -2.65. The topological polar surface area (TPSA) is 185 Å². The van der Waals surface area contributed by atoms with Crippen molar-refractivity contribution in [2.24, 2.45) is 0 Å². The normalized spacial score (nSPS) is 40.6. The molecule has 0 unspecified atom stereocenters. The maximum absolute atomic E-state index is 12.3. The standard InChI is InChI=1S/C30H48O12/c1-19-15-13-11-9-7-5-3-2-4-6-8-10-12-14-16-22(32)38-18-21-24(34)25(35)27(37)29(41-21)42-28-26(36)23(33)20(17-31)40-30(28)39-19/h2-3,7,9,13,15,19-21,23-31,33-37H,4-6,8,10-12,14,16-18H2,1H3/t19-,20+,21+,23+,24+,25-,26-,27+,28+,29-,30+/m0/s1. The van der Waals surface area contributed by atoms with Gasteiger partial charge < -0.3 is 54.3 Å². The summed E-state index contributed by atoms with van der Waals surface area (Å²) in [5.74, 6) is -0.480. The fraction of sp³-hybridized carbons (Fsp3) is 0.767. The number of cyclic esters (lactones) is 1. The van der Waals surface area contributed by atoms with Gasteiger partial charge in [0.25, 0.3) is 0 Å². The van der Waals surface area contributed by atoms with Crippen LogP contribution >= 0.6 is 0 Å². The molecule has 6 N–H and O–H groups in total. The van der Waals surface area contributed by atoms with Crippen LogP contribution in [0.1, 0.15) is 64.7 Å². The Hall–Kier alpha value is -1.71. The SMILES string of the molecule is C[C@H]1C=CCC=CCC=CCCCCCCCC(=O)OC[C@H]2O[C@@H](O[C@H]3[C@H](O1)O[C@H](CO)[C@@H](O)[C@@H]3O)[C@H](O)[C@@H](O)[C@@H]2O. The third-order valence-corrected chi connectivity index (χ3v) is 7.58. The lowest BCUT2D eigenvalue weighted by molar-refractivity contribution is -0.369. The molecule has 0 aromatic heterocycles. The first-order chi connectivity index (χ1) is 20.2. The Bertz CT molecular complexity index is 878. The molecule has 240 valence electrons. The number of esters is 1. The van der Waals surface area contributed by atoms with Crippen LogP contribution in [0.3, 0.4) is 0 Å². The zero-order valence-corrected chi connectivity index (χ0v) is 24.2. The summed E-state index contributed by atoms with van der Waals surface area (Å²) in [6.45, 7) is 0.736. The second-order valence-corrected chi connectivity index (χ2v) is 11.0. The average Bonchev–Trinajstić information content (AvgIpc) is 2.97. The first-order valence-corrected chi connectivity index (χ1v) is 15.0. The molecule has 0 saturated carbocycles. The lowest BCUT2D eigenvalue weighted by atomic mass is 9.97. The van der Waals surface area contributed by atoms with Gasteiger partial charge in [-0.1, -0.05) is 55.7 Å². The maximum atomic E-state index is 12.3. The first-order valence-electron chi connectivity index (χ1n) is 15.0. The number of allylic oxidation sites excluding steroid dienone is 5. The van der Waals surface area contributed by atoms with Gasteiger partial charge in [-0.05, 0) is 39.0 Å². The lowest BCUT2D eigenvalue weighted by Gasteiger charge is -2.46. The fourth-order valence-electron chi connectivity index (χ4n) is 5.03. The molecular weight excluding hydrogens is 552 g/mol. The van der Waals surface area contributed by atoms with Crippen molar-refractivity contribution in [1.82, 2.24) is 0 Å². The Kier molecular flexibility index (Phi) is 15.1. The Labute approximate surface area is 247 Å². The highest BCUT2D eigenvalue weighted by atomic mass is 16.8. The van der Waals surface area contributed by atoms with Crippen molar-refractivity contribution in [3.63, 3.8) is 0 Å². The van der Waals surface area contributed by atoms with Gasteiger partial charge in [0, 0.05) is 6.42 Å². The predicted molar refractivity (Wildman–Crippen MR) is 150 cm³/mol. The molecule has 0 aromatic carbocycles. The summed E-state index contributed by atoms with van der Waals surface area (Å²) in [6, 6.07) is 0. The molecule has 0 radical (unpaired) electrons. The zero-order chi connectivity index (χ0) is 30.5. The van der Waals surface area contributed by atoms with Gasteiger partial charge in [-0.25, -0.2) is 0 Å². The molecular formula is C30H48O12. The quantitative estimate of drug-likeness (QED) is 0.184. The largest absolute Gasteiger partial charge is 0.463 e. The zero-order valence-electron chi connectivity index (χ0n) is 24.2. The number of carbonyl (C=O) groups is 1. The number of hydrogen-bond donors (Lipinski definition) is 6. The summed E-state index contributed by atoms with van der Waals surface area (Å²) >= 11 is 0. The predicted octanol–water partition coefficient (Wildman–Crippen LogP) is 0.760. The highest BCUT2D eigenvalue weighted by Gasteiger charge is 2.51. The number of carbonyl (C=O) groups excluding carboxylic acids is 1. The molecule has 2 bridgehead atoms. The number of aliphatic hydroxyl groups excluding tert-OH is 6. The van der Waals surface area contributed by atoms with Gasteiger partial charge in [-0.15, -0.1) is 0 Å². The molecule has 12 nitrogen and oxygen atoms in total. The highest BCUT2D eigenvalue weighted by Crippen LogP contribution is 2.30. The van der Waals surface area contributed by atoms with E-state index in [0.717, 1.165) is 38.5 Å². The van der Waals surface area contributed by atoms with E-state index in [1.807, 2.05) is 12.2 Å². The first kappa shape index (κ1) is 34.8. The molecule has 3 rings (SSSR count). The fourth-order valence-corrected chi connectivity index (χ4v) is 5.03. The molecule has 2 saturated heterocycles. The molecule has 0 aromatic rings. The minimum Gasteiger partial charge on any atom is -0.463 e. The van der Waals surface area contributed by atoms with Gasteiger partial charge in [0.05, 0.1) is 12.7 Å². The van der Waals surface area contributed by atoms with Crippen LogP contribution < -0.4 is 0 Å². The van der Waals surface area contributed by atoms with Crippen molar-refractivity contribution in [2.75, 3.05) is 13.2 Å². The summed E-state index contributed by atoms with van der Waals surface area (Å²) in [4.78, 5) is 12.3. The van der Waals surface area contributed by atoms with E-state index in [2.05, 4.69) is 18.2 Å². The molecule has 3 aliphatic rings. The van der Waals surface area contributed by atoms with Crippen molar-refractivity contribution in [3.8, 4) is 0 Å². The van der Waals surface area contributed by atoms with Crippen molar-refractivity contribution in [3.05, 3.63) is 36.5 Å². The van der Waals surface area contributed by atoms with Crippen molar-refractivity contribution in [2.45, 2.75) is 132 Å². The van der Waals surface area contributed by atoms with Crippen LogP contribution in [0, 0.1) is 0 Å². The number of aliphatic hydroxyl groups is 6. The smallest absolute Gasteiger partial charge is 0.305 e. The highest BCUT2D eigenvalue weighted by molar-refractivity contribution is 5.69. The number of fused-ring (bicyclic) bond motifs is 3. The number of rotatable bonds is 1. The van der Waals surface area contributed by atoms with Crippen LogP contribution in [-0.4, -0.2) is 117 Å². The summed E-state index contributed by atoms with van der Waals surface area (Å²) in [7, 11) is 0. The van der Waals surface area contributed by atoms with Crippen LogP contribution in [0.25, 0.3) is 0 Å². The van der Waals surface area contributed by atoms with E-state index in [0.29, 0.717) is 12.8 Å². The monoisotopic (exact) mass is 600 g/mol. The molecule has 3 heterocycles. The van der Waals surface area contributed by atoms with Crippen molar-refractivity contribution in [1.29, 1.82) is 0 Å². The third kappa shape index (κ3) is 10.5. The Balaban J connectivity index is 1.75.